The minimum Gasteiger partial charge on any atom is -0.367 e. The first-order valence-electron chi connectivity index (χ1n) is 6.74. The van der Waals surface area contributed by atoms with Gasteiger partial charge in [0.2, 0.25) is 5.78 Å². The molecule has 0 saturated heterocycles. The summed E-state index contributed by atoms with van der Waals surface area (Å²) < 4.78 is 0. The van der Waals surface area contributed by atoms with E-state index in [1.165, 1.54) is 6.92 Å². The Morgan fingerprint density at radius 3 is 2.35 bits per heavy atom. The van der Waals surface area contributed by atoms with Crippen LogP contribution in [0.4, 0.5) is 0 Å². The van der Waals surface area contributed by atoms with Crippen LogP contribution in [0.3, 0.4) is 0 Å². The van der Waals surface area contributed by atoms with Gasteiger partial charge in [0.15, 0.2) is 5.78 Å². The molecule has 2 aliphatic rings. The number of benzene rings is 1. The number of carbonyl (C=O) groups is 3. The van der Waals surface area contributed by atoms with Crippen LogP contribution < -0.4 is 0 Å². The van der Waals surface area contributed by atoms with E-state index in [1.807, 2.05) is 11.8 Å². The molecular weight excluding hydrogens is 254 g/mol. The molecule has 1 aliphatic carbocycles. The maximum atomic E-state index is 12.6. The maximum absolute atomic E-state index is 12.6. The molecule has 0 saturated carbocycles. The first-order valence-corrected chi connectivity index (χ1v) is 6.74. The molecule has 1 atom stereocenters. The molecule has 1 aromatic carbocycles. The molecule has 0 fully saturated rings. The van der Waals surface area contributed by atoms with Crippen LogP contribution in [-0.2, 0) is 4.79 Å². The van der Waals surface area contributed by atoms with Crippen molar-refractivity contribution in [1.82, 2.24) is 4.90 Å². The van der Waals surface area contributed by atoms with Crippen LogP contribution in [-0.4, -0.2) is 35.3 Å². The zero-order valence-electron chi connectivity index (χ0n) is 11.5. The Morgan fingerprint density at radius 2 is 1.80 bits per heavy atom. The second kappa shape index (κ2) is 4.40. The number of hydrogen-bond acceptors (Lipinski definition) is 4. The van der Waals surface area contributed by atoms with E-state index >= 15 is 0 Å². The van der Waals surface area contributed by atoms with Crippen molar-refractivity contribution in [2.45, 2.75) is 13.8 Å². The summed E-state index contributed by atoms with van der Waals surface area (Å²) in [5, 5.41) is 0. The lowest BCUT2D eigenvalue weighted by molar-refractivity contribution is -0.119. The topological polar surface area (TPSA) is 54.5 Å². The summed E-state index contributed by atoms with van der Waals surface area (Å²) in [5.74, 6) is -0.851. The second-order valence-electron chi connectivity index (χ2n) is 5.17. The summed E-state index contributed by atoms with van der Waals surface area (Å²) in [6, 6.07) is 6.83. The van der Waals surface area contributed by atoms with Crippen molar-refractivity contribution in [3.05, 3.63) is 46.7 Å². The van der Waals surface area contributed by atoms with E-state index in [0.717, 1.165) is 0 Å². The van der Waals surface area contributed by atoms with Gasteiger partial charge < -0.3 is 4.90 Å². The molecule has 1 aliphatic heterocycles. The Bertz CT molecular complexity index is 672. The maximum Gasteiger partial charge on any atom is 0.210 e. The highest BCUT2D eigenvalue weighted by Gasteiger charge is 2.44. The predicted molar refractivity (Wildman–Crippen MR) is 73.5 cm³/mol. The van der Waals surface area contributed by atoms with Crippen molar-refractivity contribution in [1.29, 1.82) is 0 Å². The van der Waals surface area contributed by atoms with E-state index in [9.17, 15) is 14.4 Å². The van der Waals surface area contributed by atoms with Gasteiger partial charge in [-0.3, -0.25) is 14.4 Å². The van der Waals surface area contributed by atoms with E-state index in [0.29, 0.717) is 35.5 Å². The summed E-state index contributed by atoms with van der Waals surface area (Å²) in [6.45, 7) is 4.45. The number of hydrogen-bond donors (Lipinski definition) is 0. The fourth-order valence-electron chi connectivity index (χ4n) is 3.04. The summed E-state index contributed by atoms with van der Waals surface area (Å²) in [7, 11) is 0. The largest absolute Gasteiger partial charge is 0.367 e. The Balaban J connectivity index is 2.22. The Morgan fingerprint density at radius 1 is 1.20 bits per heavy atom. The molecule has 102 valence electrons. The quantitative estimate of drug-likeness (QED) is 0.822. The van der Waals surface area contributed by atoms with Crippen molar-refractivity contribution in [3.8, 4) is 0 Å². The summed E-state index contributed by atoms with van der Waals surface area (Å²) >= 11 is 0. The van der Waals surface area contributed by atoms with E-state index in [2.05, 4.69) is 0 Å². The van der Waals surface area contributed by atoms with Crippen LogP contribution in [0.2, 0.25) is 0 Å². The monoisotopic (exact) mass is 269 g/mol. The first kappa shape index (κ1) is 12.8. The second-order valence-corrected chi connectivity index (χ2v) is 5.17. The normalized spacial score (nSPS) is 21.1. The lowest BCUT2D eigenvalue weighted by atomic mass is 9.82. The van der Waals surface area contributed by atoms with Crippen LogP contribution in [0.1, 0.15) is 34.6 Å². The average Bonchev–Trinajstić information content (AvgIpc) is 2.85. The highest BCUT2D eigenvalue weighted by atomic mass is 16.1. The van der Waals surface area contributed by atoms with Crippen LogP contribution in [0.15, 0.2) is 35.5 Å². The number of likely N-dealkylation sites (N-methyl/N-ethyl adjacent to an activating group) is 1. The number of allylic oxidation sites excluding steroid dienone is 1. The Labute approximate surface area is 117 Å². The third-order valence-electron chi connectivity index (χ3n) is 4.07. The third-order valence-corrected chi connectivity index (χ3v) is 4.07. The van der Waals surface area contributed by atoms with E-state index in [1.54, 1.807) is 24.3 Å². The van der Waals surface area contributed by atoms with Gasteiger partial charge in [-0.1, -0.05) is 24.3 Å². The number of nitrogens with zero attached hydrogens (tertiary/aromatic N) is 1. The lowest BCUT2D eigenvalue weighted by Crippen LogP contribution is -2.28. The molecule has 4 nitrogen and oxygen atoms in total. The first-order chi connectivity index (χ1) is 9.56. The number of rotatable bonds is 2. The number of Topliss-reactive ketones (excluding diaryl/α,β-unsaturated/α-hetero) is 3. The van der Waals surface area contributed by atoms with E-state index in [4.69, 9.17) is 0 Å². The molecule has 0 spiro atoms. The van der Waals surface area contributed by atoms with Crippen molar-refractivity contribution in [3.63, 3.8) is 0 Å². The molecule has 1 unspecified atom stereocenters. The number of carbonyl (C=O) groups excluding carboxylic acids is 3. The molecule has 0 radical (unpaired) electrons. The number of fused-ring (bicyclic) bond motifs is 1. The average molecular weight is 269 g/mol. The van der Waals surface area contributed by atoms with Gasteiger partial charge in [-0.2, -0.15) is 0 Å². The van der Waals surface area contributed by atoms with Crippen LogP contribution >= 0.6 is 0 Å². The highest BCUT2D eigenvalue weighted by molar-refractivity contribution is 6.28. The number of ketones is 3. The zero-order valence-corrected chi connectivity index (χ0v) is 11.5. The van der Waals surface area contributed by atoms with Gasteiger partial charge in [-0.25, -0.2) is 0 Å². The van der Waals surface area contributed by atoms with Crippen LogP contribution in [0.25, 0.3) is 0 Å². The van der Waals surface area contributed by atoms with Crippen molar-refractivity contribution < 1.29 is 14.4 Å². The molecule has 1 heterocycles. The molecule has 0 N–H and O–H groups in total. The van der Waals surface area contributed by atoms with Gasteiger partial charge in [0.05, 0.1) is 11.6 Å². The molecule has 0 amide bonds. The van der Waals surface area contributed by atoms with Crippen LogP contribution in [0.5, 0.6) is 0 Å². The molecule has 0 aromatic heterocycles. The highest BCUT2D eigenvalue weighted by Crippen LogP contribution is 2.37. The van der Waals surface area contributed by atoms with Gasteiger partial charge >= 0.3 is 0 Å². The Kier molecular flexibility index (Phi) is 2.82. The van der Waals surface area contributed by atoms with Gasteiger partial charge in [0, 0.05) is 29.8 Å². The van der Waals surface area contributed by atoms with Crippen molar-refractivity contribution in [2.24, 2.45) is 5.92 Å². The molecule has 4 heteroatoms. The van der Waals surface area contributed by atoms with Gasteiger partial charge in [0.25, 0.3) is 0 Å². The van der Waals surface area contributed by atoms with Gasteiger partial charge in [-0.05, 0) is 13.8 Å². The van der Waals surface area contributed by atoms with Gasteiger partial charge in [0.1, 0.15) is 5.78 Å². The zero-order chi connectivity index (χ0) is 14.4. The molecule has 20 heavy (non-hydrogen) atoms. The van der Waals surface area contributed by atoms with E-state index < -0.39 is 5.92 Å². The minimum absolute atomic E-state index is 0.0611. The summed E-state index contributed by atoms with van der Waals surface area (Å²) in [5.41, 5.74) is 1.68. The molecule has 0 bridgehead atoms. The predicted octanol–water partition coefficient (Wildman–Crippen LogP) is 1.86. The van der Waals surface area contributed by atoms with Gasteiger partial charge in [-0.15, -0.1) is 0 Å². The Hall–Kier alpha value is -2.23. The smallest absolute Gasteiger partial charge is 0.210 e. The molecule has 1 aromatic rings. The summed E-state index contributed by atoms with van der Waals surface area (Å²) in [4.78, 5) is 38.9. The van der Waals surface area contributed by atoms with E-state index in [-0.39, 0.29) is 17.3 Å². The lowest BCUT2D eigenvalue weighted by Gasteiger charge is -2.22. The fraction of sp³-hybridized carbons (Fsp3) is 0.312. The van der Waals surface area contributed by atoms with Crippen LogP contribution in [0, 0.1) is 5.92 Å². The fourth-order valence-corrected chi connectivity index (χ4v) is 3.04. The minimum atomic E-state index is -0.477. The van der Waals surface area contributed by atoms with Crippen molar-refractivity contribution in [2.75, 3.05) is 13.1 Å². The third kappa shape index (κ3) is 1.57. The van der Waals surface area contributed by atoms with Crippen molar-refractivity contribution >= 4 is 17.3 Å². The molecule has 3 rings (SSSR count). The standard InChI is InChI=1S/C16H15NO3/c1-3-17-8-12(9(2)18)13-14(17)16(20)11-7-5-4-6-10(11)15(13)19/h4-7,12H,3,8H2,1-2H3. The molecular formula is C16H15NO3. The SMILES string of the molecule is CCN1CC(C(C)=O)C2=C1C(=O)c1ccccc1C2=O. The summed E-state index contributed by atoms with van der Waals surface area (Å²) in [6.07, 6.45) is 0.